The standard InChI is InChI=1S/C13H19NO2/c1-4-14(9-11(3)13(15)16)12-7-5-10(2)6-8-12/h5-8,11H,4,9H2,1-3H3,(H,15,16). The van der Waals surface area contributed by atoms with Crippen molar-refractivity contribution in [3.8, 4) is 0 Å². The van der Waals surface area contributed by atoms with E-state index < -0.39 is 5.97 Å². The predicted octanol–water partition coefficient (Wildman–Crippen LogP) is 2.54. The fraction of sp³-hybridized carbons (Fsp3) is 0.462. The molecule has 1 aromatic rings. The molecular weight excluding hydrogens is 202 g/mol. The second kappa shape index (κ2) is 5.54. The van der Waals surface area contributed by atoms with Gasteiger partial charge in [0.1, 0.15) is 0 Å². The highest BCUT2D eigenvalue weighted by molar-refractivity contribution is 5.70. The van der Waals surface area contributed by atoms with E-state index in [1.165, 1.54) is 5.56 Å². The van der Waals surface area contributed by atoms with Crippen LogP contribution in [0, 0.1) is 12.8 Å². The molecule has 3 heteroatoms. The Labute approximate surface area is 96.7 Å². The van der Waals surface area contributed by atoms with E-state index in [1.807, 2.05) is 38.1 Å². The number of anilines is 1. The number of aliphatic carboxylic acids is 1. The Morgan fingerprint density at radius 2 is 1.94 bits per heavy atom. The Morgan fingerprint density at radius 1 is 1.38 bits per heavy atom. The third-order valence-corrected chi connectivity index (χ3v) is 2.70. The van der Waals surface area contributed by atoms with Gasteiger partial charge in [-0.05, 0) is 26.0 Å². The molecular formula is C13H19NO2. The fourth-order valence-electron chi connectivity index (χ4n) is 1.58. The van der Waals surface area contributed by atoms with Gasteiger partial charge in [0.15, 0.2) is 0 Å². The number of hydrogen-bond donors (Lipinski definition) is 1. The zero-order valence-corrected chi connectivity index (χ0v) is 10.1. The molecule has 1 atom stereocenters. The van der Waals surface area contributed by atoms with Crippen molar-refractivity contribution in [1.82, 2.24) is 0 Å². The molecule has 1 aromatic carbocycles. The minimum Gasteiger partial charge on any atom is -0.481 e. The van der Waals surface area contributed by atoms with Gasteiger partial charge in [-0.1, -0.05) is 24.6 Å². The quantitative estimate of drug-likeness (QED) is 0.830. The lowest BCUT2D eigenvalue weighted by Crippen LogP contribution is -2.31. The zero-order chi connectivity index (χ0) is 12.1. The molecule has 16 heavy (non-hydrogen) atoms. The van der Waals surface area contributed by atoms with Crippen LogP contribution in [-0.4, -0.2) is 24.2 Å². The van der Waals surface area contributed by atoms with Crippen LogP contribution in [0.25, 0.3) is 0 Å². The molecule has 0 aliphatic rings. The highest BCUT2D eigenvalue weighted by Crippen LogP contribution is 2.16. The molecule has 1 N–H and O–H groups in total. The van der Waals surface area contributed by atoms with Gasteiger partial charge in [0.05, 0.1) is 5.92 Å². The lowest BCUT2D eigenvalue weighted by Gasteiger charge is -2.25. The van der Waals surface area contributed by atoms with Gasteiger partial charge >= 0.3 is 5.97 Å². The summed E-state index contributed by atoms with van der Waals surface area (Å²) < 4.78 is 0. The van der Waals surface area contributed by atoms with Crippen molar-refractivity contribution >= 4 is 11.7 Å². The van der Waals surface area contributed by atoms with Crippen molar-refractivity contribution in [2.75, 3.05) is 18.0 Å². The number of aryl methyl sites for hydroxylation is 1. The average Bonchev–Trinajstić information content (AvgIpc) is 2.26. The van der Waals surface area contributed by atoms with Crippen molar-refractivity contribution in [1.29, 1.82) is 0 Å². The SMILES string of the molecule is CCN(CC(C)C(=O)O)c1ccc(C)cc1. The highest BCUT2D eigenvalue weighted by atomic mass is 16.4. The van der Waals surface area contributed by atoms with Crippen molar-refractivity contribution in [3.05, 3.63) is 29.8 Å². The van der Waals surface area contributed by atoms with Gasteiger partial charge in [0, 0.05) is 18.8 Å². The van der Waals surface area contributed by atoms with Crippen LogP contribution < -0.4 is 4.90 Å². The lowest BCUT2D eigenvalue weighted by molar-refractivity contribution is -0.140. The maximum absolute atomic E-state index is 10.8. The smallest absolute Gasteiger partial charge is 0.308 e. The first-order valence-electron chi connectivity index (χ1n) is 5.59. The van der Waals surface area contributed by atoms with Crippen LogP contribution in [0.3, 0.4) is 0 Å². The molecule has 0 radical (unpaired) electrons. The Kier molecular flexibility index (Phi) is 4.35. The number of carboxylic acids is 1. The first-order chi connectivity index (χ1) is 7.54. The molecule has 0 amide bonds. The Hall–Kier alpha value is -1.51. The second-order valence-electron chi connectivity index (χ2n) is 4.11. The molecule has 3 nitrogen and oxygen atoms in total. The third-order valence-electron chi connectivity index (χ3n) is 2.70. The van der Waals surface area contributed by atoms with Crippen molar-refractivity contribution in [2.24, 2.45) is 5.92 Å². The Morgan fingerprint density at radius 3 is 2.38 bits per heavy atom. The molecule has 1 unspecified atom stereocenters. The number of carboxylic acid groups (broad SMARTS) is 1. The second-order valence-corrected chi connectivity index (χ2v) is 4.11. The van der Waals surface area contributed by atoms with Crippen LogP contribution in [0.5, 0.6) is 0 Å². The van der Waals surface area contributed by atoms with Gasteiger partial charge in [0.2, 0.25) is 0 Å². The number of benzene rings is 1. The summed E-state index contributed by atoms with van der Waals surface area (Å²) in [7, 11) is 0. The monoisotopic (exact) mass is 221 g/mol. The molecule has 0 heterocycles. The Bertz CT molecular complexity index is 345. The maximum atomic E-state index is 10.8. The van der Waals surface area contributed by atoms with E-state index in [2.05, 4.69) is 4.90 Å². The fourth-order valence-corrected chi connectivity index (χ4v) is 1.58. The predicted molar refractivity (Wildman–Crippen MR) is 65.9 cm³/mol. The van der Waals surface area contributed by atoms with E-state index in [4.69, 9.17) is 5.11 Å². The van der Waals surface area contributed by atoms with Crippen LogP contribution >= 0.6 is 0 Å². The molecule has 0 aliphatic heterocycles. The van der Waals surface area contributed by atoms with Crippen LogP contribution in [-0.2, 0) is 4.79 Å². The minimum absolute atomic E-state index is 0.346. The van der Waals surface area contributed by atoms with E-state index in [0.717, 1.165) is 12.2 Å². The molecule has 0 aliphatic carbocycles. The first kappa shape index (κ1) is 12.6. The molecule has 0 bridgehead atoms. The van der Waals surface area contributed by atoms with Gasteiger partial charge in [-0.25, -0.2) is 0 Å². The van der Waals surface area contributed by atoms with Crippen molar-refractivity contribution in [2.45, 2.75) is 20.8 Å². The van der Waals surface area contributed by atoms with Crippen LogP contribution in [0.4, 0.5) is 5.69 Å². The summed E-state index contributed by atoms with van der Waals surface area (Å²) in [5.74, 6) is -1.09. The molecule has 0 saturated heterocycles. The summed E-state index contributed by atoms with van der Waals surface area (Å²) in [6.45, 7) is 7.18. The molecule has 88 valence electrons. The molecule has 0 aromatic heterocycles. The summed E-state index contributed by atoms with van der Waals surface area (Å²) in [4.78, 5) is 12.9. The van der Waals surface area contributed by atoms with Gasteiger partial charge in [-0.2, -0.15) is 0 Å². The molecule has 0 spiro atoms. The van der Waals surface area contributed by atoms with Gasteiger partial charge in [0.25, 0.3) is 0 Å². The molecule has 0 saturated carbocycles. The summed E-state index contributed by atoms with van der Waals surface area (Å²) >= 11 is 0. The van der Waals surface area contributed by atoms with E-state index in [1.54, 1.807) is 6.92 Å². The summed E-state index contributed by atoms with van der Waals surface area (Å²) in [5.41, 5.74) is 2.30. The Balaban J connectivity index is 2.74. The third kappa shape index (κ3) is 3.26. The minimum atomic E-state index is -0.745. The number of hydrogen-bond acceptors (Lipinski definition) is 2. The first-order valence-corrected chi connectivity index (χ1v) is 5.59. The normalized spacial score (nSPS) is 12.2. The van der Waals surface area contributed by atoms with Crippen LogP contribution in [0.1, 0.15) is 19.4 Å². The number of nitrogens with zero attached hydrogens (tertiary/aromatic N) is 1. The van der Waals surface area contributed by atoms with Gasteiger partial charge < -0.3 is 10.0 Å². The summed E-state index contributed by atoms with van der Waals surface area (Å²) in [6, 6.07) is 8.16. The zero-order valence-electron chi connectivity index (χ0n) is 10.1. The number of carbonyl (C=O) groups is 1. The van der Waals surface area contributed by atoms with E-state index in [-0.39, 0.29) is 5.92 Å². The molecule has 0 fully saturated rings. The largest absolute Gasteiger partial charge is 0.481 e. The van der Waals surface area contributed by atoms with Gasteiger partial charge in [-0.15, -0.1) is 0 Å². The van der Waals surface area contributed by atoms with E-state index in [0.29, 0.717) is 6.54 Å². The number of rotatable bonds is 5. The van der Waals surface area contributed by atoms with E-state index in [9.17, 15) is 4.79 Å². The topological polar surface area (TPSA) is 40.5 Å². The van der Waals surface area contributed by atoms with E-state index >= 15 is 0 Å². The lowest BCUT2D eigenvalue weighted by atomic mass is 10.1. The summed E-state index contributed by atoms with van der Waals surface area (Å²) in [5, 5.41) is 8.89. The maximum Gasteiger partial charge on any atom is 0.308 e. The highest BCUT2D eigenvalue weighted by Gasteiger charge is 2.15. The van der Waals surface area contributed by atoms with Crippen molar-refractivity contribution < 1.29 is 9.90 Å². The van der Waals surface area contributed by atoms with Crippen LogP contribution in [0.15, 0.2) is 24.3 Å². The van der Waals surface area contributed by atoms with Crippen molar-refractivity contribution in [3.63, 3.8) is 0 Å². The van der Waals surface area contributed by atoms with Gasteiger partial charge in [-0.3, -0.25) is 4.79 Å². The average molecular weight is 221 g/mol. The molecule has 1 rings (SSSR count). The van der Waals surface area contributed by atoms with Crippen LogP contribution in [0.2, 0.25) is 0 Å². The summed E-state index contributed by atoms with van der Waals surface area (Å²) in [6.07, 6.45) is 0.